The molecule has 2 rings (SSSR count). The molecule has 1 aliphatic heterocycles. The van der Waals surface area contributed by atoms with Crippen LogP contribution in [0, 0.1) is 0 Å². The van der Waals surface area contributed by atoms with Crippen LogP contribution in [-0.4, -0.2) is 28.2 Å². The Balaban J connectivity index is 2.20. The number of nitrogens with zero attached hydrogens (tertiary/aromatic N) is 2. The molecule has 0 spiro atoms. The van der Waals surface area contributed by atoms with E-state index in [9.17, 15) is 4.79 Å². The fourth-order valence-corrected chi connectivity index (χ4v) is 2.17. The summed E-state index contributed by atoms with van der Waals surface area (Å²) in [6.45, 7) is 6.75. The van der Waals surface area contributed by atoms with Gasteiger partial charge in [-0.3, -0.25) is 4.79 Å². The topological polar surface area (TPSA) is 59.0 Å². The molecule has 17 heavy (non-hydrogen) atoms. The summed E-state index contributed by atoms with van der Waals surface area (Å²) in [5, 5.41) is 6.63. The van der Waals surface area contributed by atoms with Crippen molar-refractivity contribution in [2.75, 3.05) is 18.4 Å². The van der Waals surface area contributed by atoms with Crippen molar-refractivity contribution in [2.45, 2.75) is 38.8 Å². The third-order valence-electron chi connectivity index (χ3n) is 3.38. The van der Waals surface area contributed by atoms with Crippen molar-refractivity contribution in [3.63, 3.8) is 0 Å². The molecule has 0 aromatic carbocycles. The number of anilines is 1. The Hall–Kier alpha value is -1.36. The van der Waals surface area contributed by atoms with Crippen LogP contribution in [0.4, 0.5) is 5.82 Å². The molecular formula is C12H20N4O. The number of aryl methyl sites for hydroxylation is 1. The van der Waals surface area contributed by atoms with E-state index in [-0.39, 0.29) is 11.1 Å². The quantitative estimate of drug-likeness (QED) is 0.815. The van der Waals surface area contributed by atoms with Gasteiger partial charge in [0.2, 0.25) is 0 Å². The van der Waals surface area contributed by atoms with Gasteiger partial charge in [0, 0.05) is 24.5 Å². The molecule has 2 N–H and O–H groups in total. The van der Waals surface area contributed by atoms with Gasteiger partial charge >= 0.3 is 0 Å². The highest BCUT2D eigenvalue weighted by Gasteiger charge is 2.27. The summed E-state index contributed by atoms with van der Waals surface area (Å²) in [7, 11) is 0. The van der Waals surface area contributed by atoms with Crippen molar-refractivity contribution in [1.29, 1.82) is 0 Å². The highest BCUT2D eigenvalue weighted by atomic mass is 16.1. The Morgan fingerprint density at radius 3 is 2.88 bits per heavy atom. The number of piperidine rings is 1. The molecule has 0 aliphatic carbocycles. The molecule has 0 atom stereocenters. The zero-order valence-corrected chi connectivity index (χ0v) is 10.5. The Morgan fingerprint density at radius 1 is 1.53 bits per heavy atom. The first-order valence-corrected chi connectivity index (χ1v) is 6.19. The highest BCUT2D eigenvalue weighted by Crippen LogP contribution is 2.20. The first-order chi connectivity index (χ1) is 8.14. The number of hydrogen-bond donors (Lipinski definition) is 2. The van der Waals surface area contributed by atoms with E-state index in [1.165, 1.54) is 0 Å². The van der Waals surface area contributed by atoms with Gasteiger partial charge in [0.15, 0.2) is 5.82 Å². The van der Waals surface area contributed by atoms with Gasteiger partial charge in [-0.2, -0.15) is 0 Å². The summed E-state index contributed by atoms with van der Waals surface area (Å²) in [6, 6.07) is 0. The lowest BCUT2D eigenvalue weighted by molar-refractivity contribution is 0.363. The third-order valence-corrected chi connectivity index (χ3v) is 3.38. The van der Waals surface area contributed by atoms with E-state index in [4.69, 9.17) is 0 Å². The largest absolute Gasteiger partial charge is 0.360 e. The zero-order chi connectivity index (χ0) is 12.3. The van der Waals surface area contributed by atoms with Gasteiger partial charge in [-0.1, -0.05) is 0 Å². The maximum absolute atomic E-state index is 12.0. The Kier molecular flexibility index (Phi) is 3.47. The fourth-order valence-electron chi connectivity index (χ4n) is 2.17. The summed E-state index contributed by atoms with van der Waals surface area (Å²) in [6.07, 6.45) is 5.42. The molecule has 0 bridgehead atoms. The van der Waals surface area contributed by atoms with Crippen LogP contribution >= 0.6 is 0 Å². The van der Waals surface area contributed by atoms with Crippen molar-refractivity contribution in [2.24, 2.45) is 0 Å². The maximum Gasteiger partial charge on any atom is 0.293 e. The molecule has 94 valence electrons. The Labute approximate surface area is 101 Å². The summed E-state index contributed by atoms with van der Waals surface area (Å²) < 4.78 is 1.67. The van der Waals surface area contributed by atoms with E-state index < -0.39 is 0 Å². The predicted molar refractivity (Wildman–Crippen MR) is 68.3 cm³/mol. The average Bonchev–Trinajstić information content (AvgIpc) is 2.32. The van der Waals surface area contributed by atoms with Gasteiger partial charge in [-0.15, -0.1) is 0 Å². The summed E-state index contributed by atoms with van der Waals surface area (Å²) in [5.74, 6) is 0.471. The van der Waals surface area contributed by atoms with Gasteiger partial charge in [-0.25, -0.2) is 4.98 Å². The van der Waals surface area contributed by atoms with Crippen molar-refractivity contribution >= 4 is 5.82 Å². The Bertz CT molecular complexity index is 434. The highest BCUT2D eigenvalue weighted by molar-refractivity contribution is 5.35. The lowest BCUT2D eigenvalue weighted by Gasteiger charge is -2.35. The number of rotatable bonds is 3. The van der Waals surface area contributed by atoms with E-state index in [0.29, 0.717) is 12.4 Å². The van der Waals surface area contributed by atoms with E-state index in [1.54, 1.807) is 17.0 Å². The van der Waals surface area contributed by atoms with Gasteiger partial charge in [0.1, 0.15) is 0 Å². The maximum atomic E-state index is 12.0. The lowest BCUT2D eigenvalue weighted by atomic mass is 9.91. The fraction of sp³-hybridized carbons (Fsp3) is 0.667. The van der Waals surface area contributed by atoms with Crippen molar-refractivity contribution in [3.05, 3.63) is 22.7 Å². The van der Waals surface area contributed by atoms with Crippen LogP contribution in [0.15, 0.2) is 17.2 Å². The van der Waals surface area contributed by atoms with Gasteiger partial charge in [-0.05, 0) is 39.8 Å². The predicted octanol–water partition coefficient (Wildman–Crippen LogP) is 0.817. The number of nitrogens with one attached hydrogen (secondary N) is 2. The SMILES string of the molecule is CCn1ccnc(NC2(C)CCNCC2)c1=O. The lowest BCUT2D eigenvalue weighted by Crippen LogP contribution is -2.46. The molecule has 1 fully saturated rings. The van der Waals surface area contributed by atoms with Crippen LogP contribution < -0.4 is 16.2 Å². The molecule has 5 nitrogen and oxygen atoms in total. The van der Waals surface area contributed by atoms with E-state index in [1.807, 2.05) is 6.92 Å². The first-order valence-electron chi connectivity index (χ1n) is 6.19. The van der Waals surface area contributed by atoms with Crippen LogP contribution in [0.25, 0.3) is 0 Å². The van der Waals surface area contributed by atoms with Crippen LogP contribution in [0.5, 0.6) is 0 Å². The molecule has 0 amide bonds. The second kappa shape index (κ2) is 4.87. The molecule has 1 aliphatic rings. The van der Waals surface area contributed by atoms with Crippen LogP contribution in [0.1, 0.15) is 26.7 Å². The molecule has 1 aromatic rings. The molecule has 0 saturated carbocycles. The van der Waals surface area contributed by atoms with E-state index in [2.05, 4.69) is 22.5 Å². The minimum atomic E-state index is -0.0326. The van der Waals surface area contributed by atoms with E-state index in [0.717, 1.165) is 25.9 Å². The van der Waals surface area contributed by atoms with Crippen LogP contribution in [0.2, 0.25) is 0 Å². The number of hydrogen-bond acceptors (Lipinski definition) is 4. The first kappa shape index (κ1) is 12.1. The number of aromatic nitrogens is 2. The van der Waals surface area contributed by atoms with Gasteiger partial charge in [0.05, 0.1) is 0 Å². The van der Waals surface area contributed by atoms with Crippen molar-refractivity contribution < 1.29 is 0 Å². The second-order valence-electron chi connectivity index (χ2n) is 4.80. The molecule has 0 radical (unpaired) electrons. The van der Waals surface area contributed by atoms with Gasteiger partial charge < -0.3 is 15.2 Å². The monoisotopic (exact) mass is 236 g/mol. The van der Waals surface area contributed by atoms with Crippen molar-refractivity contribution in [1.82, 2.24) is 14.9 Å². The van der Waals surface area contributed by atoms with Crippen molar-refractivity contribution in [3.8, 4) is 0 Å². The Morgan fingerprint density at radius 2 is 2.24 bits per heavy atom. The van der Waals surface area contributed by atoms with Crippen LogP contribution in [-0.2, 0) is 6.54 Å². The minimum Gasteiger partial charge on any atom is -0.360 e. The van der Waals surface area contributed by atoms with Crippen LogP contribution in [0.3, 0.4) is 0 Å². The summed E-state index contributed by atoms with van der Waals surface area (Å²) in [5.41, 5.74) is -0.0561. The standard InChI is InChI=1S/C12H20N4O/c1-3-16-9-8-14-10(11(16)17)15-12(2)4-6-13-7-5-12/h8-9,13H,3-7H2,1-2H3,(H,14,15). The molecule has 1 aromatic heterocycles. The third kappa shape index (κ3) is 2.66. The molecular weight excluding hydrogens is 216 g/mol. The smallest absolute Gasteiger partial charge is 0.293 e. The molecule has 1 saturated heterocycles. The molecule has 5 heteroatoms. The van der Waals surface area contributed by atoms with E-state index >= 15 is 0 Å². The zero-order valence-electron chi connectivity index (χ0n) is 10.5. The van der Waals surface area contributed by atoms with Gasteiger partial charge in [0.25, 0.3) is 5.56 Å². The summed E-state index contributed by atoms with van der Waals surface area (Å²) >= 11 is 0. The average molecular weight is 236 g/mol. The molecule has 0 unspecified atom stereocenters. The summed E-state index contributed by atoms with van der Waals surface area (Å²) in [4.78, 5) is 16.2. The second-order valence-corrected chi connectivity index (χ2v) is 4.80. The molecule has 2 heterocycles. The normalized spacial score (nSPS) is 18.9. The minimum absolute atomic E-state index is 0.0235.